The number of piperidine rings is 1. The lowest BCUT2D eigenvalue weighted by Gasteiger charge is -2.34. The summed E-state index contributed by atoms with van der Waals surface area (Å²) in [4.78, 5) is 25.1. The van der Waals surface area contributed by atoms with Gasteiger partial charge >= 0.3 is 5.97 Å². The summed E-state index contributed by atoms with van der Waals surface area (Å²) in [6, 6.07) is 0. The molecule has 2 aliphatic rings. The molecule has 19 heavy (non-hydrogen) atoms. The third-order valence-corrected chi connectivity index (χ3v) is 4.66. The SMILES string of the molecule is CC(O)C1CCN(C(=O)C2CCC(C(=O)O)C2)CC1. The second-order valence-corrected chi connectivity index (χ2v) is 5.95. The number of hydrogen-bond acceptors (Lipinski definition) is 3. The number of hydrogen-bond donors (Lipinski definition) is 2. The van der Waals surface area contributed by atoms with Gasteiger partial charge in [0.05, 0.1) is 12.0 Å². The number of carbonyl (C=O) groups is 2. The normalized spacial score (nSPS) is 30.3. The van der Waals surface area contributed by atoms with Crippen molar-refractivity contribution in [1.82, 2.24) is 4.90 Å². The lowest BCUT2D eigenvalue weighted by Crippen LogP contribution is -2.43. The highest BCUT2D eigenvalue weighted by Gasteiger charge is 2.37. The quantitative estimate of drug-likeness (QED) is 0.804. The fourth-order valence-corrected chi connectivity index (χ4v) is 3.29. The number of aliphatic hydroxyl groups is 1. The first-order chi connectivity index (χ1) is 8.99. The zero-order valence-corrected chi connectivity index (χ0v) is 11.4. The van der Waals surface area contributed by atoms with Gasteiger partial charge in [0.2, 0.25) is 5.91 Å². The van der Waals surface area contributed by atoms with E-state index in [1.807, 2.05) is 4.90 Å². The highest BCUT2D eigenvalue weighted by Crippen LogP contribution is 2.33. The van der Waals surface area contributed by atoms with Crippen molar-refractivity contribution in [3.05, 3.63) is 0 Å². The van der Waals surface area contributed by atoms with Gasteiger partial charge in [0.1, 0.15) is 0 Å². The van der Waals surface area contributed by atoms with E-state index in [-0.39, 0.29) is 23.8 Å². The maximum Gasteiger partial charge on any atom is 0.306 e. The minimum absolute atomic E-state index is 0.107. The van der Waals surface area contributed by atoms with E-state index in [0.29, 0.717) is 38.3 Å². The molecule has 5 heteroatoms. The van der Waals surface area contributed by atoms with Crippen LogP contribution in [-0.2, 0) is 9.59 Å². The maximum absolute atomic E-state index is 12.3. The van der Waals surface area contributed by atoms with Gasteiger partial charge in [-0.2, -0.15) is 0 Å². The van der Waals surface area contributed by atoms with E-state index >= 15 is 0 Å². The van der Waals surface area contributed by atoms with E-state index in [2.05, 4.69) is 0 Å². The van der Waals surface area contributed by atoms with E-state index in [0.717, 1.165) is 12.8 Å². The number of rotatable bonds is 3. The second kappa shape index (κ2) is 5.90. The fourth-order valence-electron chi connectivity index (χ4n) is 3.29. The molecule has 0 aromatic carbocycles. The summed E-state index contributed by atoms with van der Waals surface area (Å²) < 4.78 is 0. The summed E-state index contributed by atoms with van der Waals surface area (Å²) in [5.74, 6) is -0.816. The Morgan fingerprint density at radius 3 is 2.16 bits per heavy atom. The first-order valence-corrected chi connectivity index (χ1v) is 7.18. The molecule has 0 bridgehead atoms. The van der Waals surface area contributed by atoms with Crippen LogP contribution in [-0.4, -0.2) is 46.2 Å². The molecule has 5 nitrogen and oxygen atoms in total. The number of likely N-dealkylation sites (tertiary alicyclic amines) is 1. The highest BCUT2D eigenvalue weighted by atomic mass is 16.4. The van der Waals surface area contributed by atoms with Crippen LogP contribution in [0.5, 0.6) is 0 Å². The number of aliphatic carboxylic acids is 1. The molecule has 3 unspecified atom stereocenters. The van der Waals surface area contributed by atoms with E-state index in [9.17, 15) is 14.7 Å². The summed E-state index contributed by atoms with van der Waals surface area (Å²) in [5, 5.41) is 18.5. The number of carboxylic acid groups (broad SMARTS) is 1. The monoisotopic (exact) mass is 269 g/mol. The molecule has 1 amide bonds. The Labute approximate surface area is 113 Å². The van der Waals surface area contributed by atoms with Crippen LogP contribution in [0.4, 0.5) is 0 Å². The fraction of sp³-hybridized carbons (Fsp3) is 0.857. The van der Waals surface area contributed by atoms with Crippen molar-refractivity contribution in [2.45, 2.75) is 45.1 Å². The first kappa shape index (κ1) is 14.3. The van der Waals surface area contributed by atoms with Crippen molar-refractivity contribution in [2.24, 2.45) is 17.8 Å². The molecule has 1 aliphatic carbocycles. The smallest absolute Gasteiger partial charge is 0.306 e. The second-order valence-electron chi connectivity index (χ2n) is 5.95. The third kappa shape index (κ3) is 3.26. The number of carbonyl (C=O) groups excluding carboxylic acids is 1. The Balaban J connectivity index is 1.83. The van der Waals surface area contributed by atoms with Crippen LogP contribution in [0, 0.1) is 17.8 Å². The van der Waals surface area contributed by atoms with Crippen molar-refractivity contribution >= 4 is 11.9 Å². The highest BCUT2D eigenvalue weighted by molar-refractivity contribution is 5.81. The van der Waals surface area contributed by atoms with Crippen LogP contribution in [0.25, 0.3) is 0 Å². The molecule has 3 atom stereocenters. The standard InChI is InChI=1S/C14H23NO4/c1-9(16)10-4-6-15(7-5-10)13(17)11-2-3-12(8-11)14(18)19/h9-12,16H,2-8H2,1H3,(H,18,19). The predicted molar refractivity (Wildman–Crippen MR) is 69.5 cm³/mol. The molecule has 0 spiro atoms. The van der Waals surface area contributed by atoms with Crippen LogP contribution in [0.1, 0.15) is 39.0 Å². The van der Waals surface area contributed by atoms with Crippen LogP contribution in [0.3, 0.4) is 0 Å². The molecule has 1 saturated heterocycles. The van der Waals surface area contributed by atoms with Crippen molar-refractivity contribution < 1.29 is 19.8 Å². The molecule has 1 heterocycles. The first-order valence-electron chi connectivity index (χ1n) is 7.18. The molecule has 2 fully saturated rings. The van der Waals surface area contributed by atoms with Crippen molar-refractivity contribution in [2.75, 3.05) is 13.1 Å². The van der Waals surface area contributed by atoms with E-state index < -0.39 is 5.97 Å². The summed E-state index contributed by atoms with van der Waals surface area (Å²) in [6.07, 6.45) is 3.20. The Morgan fingerprint density at radius 2 is 1.68 bits per heavy atom. The van der Waals surface area contributed by atoms with Crippen molar-refractivity contribution in [3.63, 3.8) is 0 Å². The Kier molecular flexibility index (Phi) is 4.45. The Morgan fingerprint density at radius 1 is 1.11 bits per heavy atom. The largest absolute Gasteiger partial charge is 0.481 e. The van der Waals surface area contributed by atoms with Crippen molar-refractivity contribution in [3.8, 4) is 0 Å². The van der Waals surface area contributed by atoms with Crippen LogP contribution in [0.2, 0.25) is 0 Å². The van der Waals surface area contributed by atoms with Crippen LogP contribution in [0.15, 0.2) is 0 Å². The van der Waals surface area contributed by atoms with Gasteiger partial charge in [-0.15, -0.1) is 0 Å². The van der Waals surface area contributed by atoms with E-state index in [1.54, 1.807) is 6.92 Å². The Bertz CT molecular complexity index is 347. The van der Waals surface area contributed by atoms with Gasteiger partial charge in [0, 0.05) is 19.0 Å². The zero-order chi connectivity index (χ0) is 14.0. The van der Waals surface area contributed by atoms with E-state index in [4.69, 9.17) is 5.11 Å². The average molecular weight is 269 g/mol. The third-order valence-electron chi connectivity index (χ3n) is 4.66. The van der Waals surface area contributed by atoms with Crippen LogP contribution < -0.4 is 0 Å². The number of amides is 1. The minimum atomic E-state index is -0.775. The molecule has 0 aromatic heterocycles. The predicted octanol–water partition coefficient (Wildman–Crippen LogP) is 1.11. The topological polar surface area (TPSA) is 77.8 Å². The summed E-state index contributed by atoms with van der Waals surface area (Å²) in [6.45, 7) is 3.20. The van der Waals surface area contributed by atoms with Crippen molar-refractivity contribution in [1.29, 1.82) is 0 Å². The molecule has 0 aromatic rings. The number of aliphatic hydroxyl groups excluding tert-OH is 1. The molecule has 2 rings (SSSR count). The summed E-state index contributed by atoms with van der Waals surface area (Å²) in [5.41, 5.74) is 0. The van der Waals surface area contributed by atoms with Gasteiger partial charge in [-0.25, -0.2) is 0 Å². The van der Waals surface area contributed by atoms with Crippen LogP contribution >= 0.6 is 0 Å². The van der Waals surface area contributed by atoms with Gasteiger partial charge in [0.15, 0.2) is 0 Å². The summed E-state index contributed by atoms with van der Waals surface area (Å²) >= 11 is 0. The van der Waals surface area contributed by atoms with Gasteiger partial charge in [-0.05, 0) is 44.9 Å². The lowest BCUT2D eigenvalue weighted by atomic mass is 9.91. The van der Waals surface area contributed by atoms with Gasteiger partial charge in [-0.3, -0.25) is 9.59 Å². The Hall–Kier alpha value is -1.10. The van der Waals surface area contributed by atoms with Gasteiger partial charge < -0.3 is 15.1 Å². The van der Waals surface area contributed by atoms with Gasteiger partial charge in [0.25, 0.3) is 0 Å². The lowest BCUT2D eigenvalue weighted by molar-refractivity contribution is -0.142. The molecular formula is C14H23NO4. The maximum atomic E-state index is 12.3. The zero-order valence-electron chi connectivity index (χ0n) is 11.4. The average Bonchev–Trinajstić information content (AvgIpc) is 2.87. The number of nitrogens with zero attached hydrogens (tertiary/aromatic N) is 1. The molecular weight excluding hydrogens is 246 g/mol. The molecule has 2 N–H and O–H groups in total. The number of carboxylic acids is 1. The molecule has 0 radical (unpaired) electrons. The minimum Gasteiger partial charge on any atom is -0.481 e. The van der Waals surface area contributed by atoms with Gasteiger partial charge in [-0.1, -0.05) is 0 Å². The molecule has 1 aliphatic heterocycles. The van der Waals surface area contributed by atoms with E-state index in [1.165, 1.54) is 0 Å². The molecule has 108 valence electrons. The molecule has 1 saturated carbocycles. The summed E-state index contributed by atoms with van der Waals surface area (Å²) in [7, 11) is 0.